The number of hydrogen-bond donors (Lipinski definition) is 1. The Morgan fingerprint density at radius 3 is 2.85 bits per heavy atom. The predicted octanol–water partition coefficient (Wildman–Crippen LogP) is 5.24. The van der Waals surface area contributed by atoms with Crippen molar-refractivity contribution in [3.63, 3.8) is 0 Å². The fourth-order valence-corrected chi connectivity index (χ4v) is 2.94. The first kappa shape index (κ1) is 15.2. The molecule has 1 fully saturated rings. The Labute approximate surface area is 123 Å². The van der Waals surface area contributed by atoms with Gasteiger partial charge in [0.25, 0.3) is 0 Å². The molecule has 2 unspecified atom stereocenters. The molecular weight excluding hydrogens is 246 g/mol. The smallest absolute Gasteiger partial charge is 0.121 e. The van der Waals surface area contributed by atoms with Crippen LogP contribution in [0.3, 0.4) is 0 Å². The maximum atomic E-state index is 5.91. The molecule has 1 aromatic rings. The van der Waals surface area contributed by atoms with Crippen LogP contribution in [0, 0.1) is 5.41 Å². The molecule has 0 heterocycles. The van der Waals surface area contributed by atoms with Crippen LogP contribution in [0.25, 0.3) is 0 Å². The van der Waals surface area contributed by atoms with Crippen LogP contribution in [-0.4, -0.2) is 12.1 Å². The highest BCUT2D eigenvalue weighted by atomic mass is 16.5. The number of anilines is 1. The minimum absolute atomic E-state index is 0.274. The zero-order valence-corrected chi connectivity index (χ0v) is 13.4. The molecule has 112 valence electrons. The van der Waals surface area contributed by atoms with Gasteiger partial charge in [-0.3, -0.25) is 0 Å². The van der Waals surface area contributed by atoms with Crippen LogP contribution in [0.5, 0.6) is 5.75 Å². The molecule has 0 radical (unpaired) electrons. The lowest BCUT2D eigenvalue weighted by Gasteiger charge is -2.39. The highest BCUT2D eigenvalue weighted by Gasteiger charge is 2.31. The maximum Gasteiger partial charge on any atom is 0.121 e. The minimum Gasteiger partial charge on any atom is -0.491 e. The fourth-order valence-electron chi connectivity index (χ4n) is 2.94. The van der Waals surface area contributed by atoms with Gasteiger partial charge in [0.2, 0.25) is 0 Å². The minimum atomic E-state index is 0.274. The van der Waals surface area contributed by atoms with Crippen LogP contribution >= 0.6 is 0 Å². The molecule has 20 heavy (non-hydrogen) atoms. The maximum absolute atomic E-state index is 5.91. The molecule has 1 aromatic carbocycles. The van der Waals surface area contributed by atoms with Crippen molar-refractivity contribution in [3.8, 4) is 5.75 Å². The van der Waals surface area contributed by atoms with E-state index in [1.807, 2.05) is 6.07 Å². The van der Waals surface area contributed by atoms with Crippen molar-refractivity contribution >= 4 is 5.69 Å². The van der Waals surface area contributed by atoms with E-state index < -0.39 is 0 Å². The molecule has 2 rings (SSSR count). The standard InChI is InChI=1S/C18H29NO/c1-5-14(2)20-16-10-8-9-15(13-16)19-17-11-6-7-12-18(17,3)4/h8-10,13-14,17,19H,5-7,11-12H2,1-4H3. The first-order valence-electron chi connectivity index (χ1n) is 8.04. The highest BCUT2D eigenvalue weighted by molar-refractivity contribution is 5.49. The third-order valence-corrected chi connectivity index (χ3v) is 4.59. The van der Waals surface area contributed by atoms with Crippen molar-refractivity contribution in [1.29, 1.82) is 0 Å². The first-order chi connectivity index (χ1) is 9.51. The molecule has 2 atom stereocenters. The van der Waals surface area contributed by atoms with Crippen molar-refractivity contribution in [1.82, 2.24) is 0 Å². The van der Waals surface area contributed by atoms with Crippen molar-refractivity contribution < 1.29 is 4.74 Å². The third kappa shape index (κ3) is 3.91. The summed E-state index contributed by atoms with van der Waals surface area (Å²) in [5, 5.41) is 3.72. The topological polar surface area (TPSA) is 21.3 Å². The molecular formula is C18H29NO. The molecule has 0 saturated heterocycles. The monoisotopic (exact) mass is 275 g/mol. The van der Waals surface area contributed by atoms with Gasteiger partial charge in [-0.15, -0.1) is 0 Å². The summed E-state index contributed by atoms with van der Waals surface area (Å²) in [6.45, 7) is 9.02. The number of hydrogen-bond acceptors (Lipinski definition) is 2. The van der Waals surface area contributed by atoms with Gasteiger partial charge in [0, 0.05) is 17.8 Å². The Kier molecular flexibility index (Phi) is 4.95. The van der Waals surface area contributed by atoms with Crippen LogP contribution in [0.15, 0.2) is 24.3 Å². The van der Waals surface area contributed by atoms with Gasteiger partial charge in [-0.2, -0.15) is 0 Å². The van der Waals surface area contributed by atoms with Crippen molar-refractivity contribution in [2.24, 2.45) is 5.41 Å². The lowest BCUT2D eigenvalue weighted by atomic mass is 9.73. The quantitative estimate of drug-likeness (QED) is 0.793. The van der Waals surface area contributed by atoms with Crippen molar-refractivity contribution in [2.45, 2.75) is 71.9 Å². The summed E-state index contributed by atoms with van der Waals surface area (Å²) < 4.78 is 5.91. The molecule has 1 N–H and O–H groups in total. The van der Waals surface area contributed by atoms with Crippen LogP contribution in [-0.2, 0) is 0 Å². The van der Waals surface area contributed by atoms with Gasteiger partial charge in [0.1, 0.15) is 5.75 Å². The van der Waals surface area contributed by atoms with E-state index in [1.54, 1.807) is 0 Å². The Hall–Kier alpha value is -1.18. The van der Waals surface area contributed by atoms with Crippen LogP contribution < -0.4 is 10.1 Å². The second-order valence-electron chi connectivity index (χ2n) is 6.80. The van der Waals surface area contributed by atoms with E-state index in [-0.39, 0.29) is 6.10 Å². The van der Waals surface area contributed by atoms with Crippen molar-refractivity contribution in [2.75, 3.05) is 5.32 Å². The van der Waals surface area contributed by atoms with Crippen LogP contribution in [0.2, 0.25) is 0 Å². The summed E-state index contributed by atoms with van der Waals surface area (Å²) in [5.74, 6) is 0.970. The van der Waals surface area contributed by atoms with E-state index in [0.717, 1.165) is 12.2 Å². The van der Waals surface area contributed by atoms with Crippen LogP contribution in [0.4, 0.5) is 5.69 Å². The van der Waals surface area contributed by atoms with Gasteiger partial charge < -0.3 is 10.1 Å². The molecule has 1 aliphatic carbocycles. The summed E-state index contributed by atoms with van der Waals surface area (Å²) in [6, 6.07) is 8.97. The summed E-state index contributed by atoms with van der Waals surface area (Å²) in [6.07, 6.45) is 6.59. The number of rotatable bonds is 5. The predicted molar refractivity (Wildman–Crippen MR) is 86.5 cm³/mol. The summed E-state index contributed by atoms with van der Waals surface area (Å²) in [5.41, 5.74) is 1.57. The van der Waals surface area contributed by atoms with E-state index in [2.05, 4.69) is 51.2 Å². The normalized spacial score (nSPS) is 23.1. The molecule has 1 saturated carbocycles. The Balaban J connectivity index is 2.03. The van der Waals surface area contributed by atoms with Gasteiger partial charge in [-0.05, 0) is 43.7 Å². The highest BCUT2D eigenvalue weighted by Crippen LogP contribution is 2.37. The first-order valence-corrected chi connectivity index (χ1v) is 8.04. The molecule has 2 nitrogen and oxygen atoms in total. The largest absolute Gasteiger partial charge is 0.491 e. The molecule has 1 aliphatic rings. The number of ether oxygens (including phenoxy) is 1. The zero-order valence-electron chi connectivity index (χ0n) is 13.4. The average molecular weight is 275 g/mol. The molecule has 0 amide bonds. The molecule has 0 aromatic heterocycles. The van der Waals surface area contributed by atoms with E-state index in [1.165, 1.54) is 31.4 Å². The SMILES string of the molecule is CCC(C)Oc1cccc(NC2CCCCC2(C)C)c1. The zero-order chi connectivity index (χ0) is 14.6. The summed E-state index contributed by atoms with van der Waals surface area (Å²) in [7, 11) is 0. The number of nitrogens with one attached hydrogen (secondary N) is 1. The average Bonchev–Trinajstić information content (AvgIpc) is 2.41. The van der Waals surface area contributed by atoms with Crippen molar-refractivity contribution in [3.05, 3.63) is 24.3 Å². The van der Waals surface area contributed by atoms with Gasteiger partial charge in [0.05, 0.1) is 6.10 Å². The summed E-state index contributed by atoms with van der Waals surface area (Å²) >= 11 is 0. The number of benzene rings is 1. The van der Waals surface area contributed by atoms with E-state index in [9.17, 15) is 0 Å². The van der Waals surface area contributed by atoms with E-state index >= 15 is 0 Å². The molecule has 0 aliphatic heterocycles. The molecule has 0 bridgehead atoms. The summed E-state index contributed by atoms with van der Waals surface area (Å²) in [4.78, 5) is 0. The van der Waals surface area contributed by atoms with Crippen LogP contribution in [0.1, 0.15) is 59.8 Å². The third-order valence-electron chi connectivity index (χ3n) is 4.59. The van der Waals surface area contributed by atoms with Gasteiger partial charge in [-0.25, -0.2) is 0 Å². The fraction of sp³-hybridized carbons (Fsp3) is 0.667. The second-order valence-corrected chi connectivity index (χ2v) is 6.80. The van der Waals surface area contributed by atoms with Gasteiger partial charge >= 0.3 is 0 Å². The lowest BCUT2D eigenvalue weighted by molar-refractivity contribution is 0.214. The Morgan fingerprint density at radius 2 is 2.15 bits per heavy atom. The van der Waals surface area contributed by atoms with E-state index in [4.69, 9.17) is 4.74 Å². The molecule has 2 heteroatoms. The second kappa shape index (κ2) is 6.51. The van der Waals surface area contributed by atoms with E-state index in [0.29, 0.717) is 11.5 Å². The van der Waals surface area contributed by atoms with Gasteiger partial charge in [-0.1, -0.05) is 39.7 Å². The van der Waals surface area contributed by atoms with Gasteiger partial charge in [0.15, 0.2) is 0 Å². The lowest BCUT2D eigenvalue weighted by Crippen LogP contribution is -2.38. The Bertz CT molecular complexity index is 427. The molecule has 0 spiro atoms. The Morgan fingerprint density at radius 1 is 1.35 bits per heavy atom.